The summed E-state index contributed by atoms with van der Waals surface area (Å²) in [6.07, 6.45) is 4.89. The predicted octanol–water partition coefficient (Wildman–Crippen LogP) is 2.10. The number of aliphatic hydroxyl groups excluding tert-OH is 1. The van der Waals surface area contributed by atoms with Gasteiger partial charge in [0.2, 0.25) is 0 Å². The molecule has 3 unspecified atom stereocenters. The van der Waals surface area contributed by atoms with E-state index in [-0.39, 0.29) is 24.5 Å². The fraction of sp³-hybridized carbons (Fsp3) is 0.933. The predicted molar refractivity (Wildman–Crippen MR) is 75.8 cm³/mol. The lowest BCUT2D eigenvalue weighted by Gasteiger charge is -2.32. The molecule has 1 fully saturated rings. The van der Waals surface area contributed by atoms with E-state index >= 15 is 0 Å². The summed E-state index contributed by atoms with van der Waals surface area (Å²) in [5.74, 6) is 0.539. The van der Waals surface area contributed by atoms with Gasteiger partial charge in [-0.25, -0.2) is 0 Å². The van der Waals surface area contributed by atoms with Crippen LogP contribution in [0.1, 0.15) is 52.9 Å². The summed E-state index contributed by atoms with van der Waals surface area (Å²) in [7, 11) is 0. The summed E-state index contributed by atoms with van der Waals surface area (Å²) in [5.41, 5.74) is 0. The molecule has 0 aromatic carbocycles. The highest BCUT2D eigenvalue weighted by molar-refractivity contribution is 5.72. The number of hydrogen-bond donors (Lipinski definition) is 2. The molecule has 0 aromatic heterocycles. The van der Waals surface area contributed by atoms with Crippen LogP contribution in [0.3, 0.4) is 0 Å². The van der Waals surface area contributed by atoms with Gasteiger partial charge in [0.1, 0.15) is 0 Å². The number of esters is 1. The number of rotatable bonds is 7. The number of carbonyl (C=O) groups excluding carboxylic acids is 1. The molecule has 1 aliphatic rings. The molecule has 0 heterocycles. The van der Waals surface area contributed by atoms with Crippen molar-refractivity contribution in [2.45, 2.75) is 65.0 Å². The highest BCUT2D eigenvalue weighted by Crippen LogP contribution is 2.26. The summed E-state index contributed by atoms with van der Waals surface area (Å²) in [5, 5.41) is 12.9. The smallest absolute Gasteiger partial charge is 0.308 e. The molecule has 0 spiro atoms. The first-order chi connectivity index (χ1) is 9.06. The summed E-state index contributed by atoms with van der Waals surface area (Å²) in [6, 6.07) is 0.477. The van der Waals surface area contributed by atoms with Crippen molar-refractivity contribution in [3.63, 3.8) is 0 Å². The van der Waals surface area contributed by atoms with Crippen LogP contribution in [0.2, 0.25) is 0 Å². The zero-order chi connectivity index (χ0) is 14.3. The zero-order valence-corrected chi connectivity index (χ0v) is 12.5. The summed E-state index contributed by atoms with van der Waals surface area (Å²) in [6.45, 7) is 6.79. The maximum Gasteiger partial charge on any atom is 0.308 e. The second-order valence-corrected chi connectivity index (χ2v) is 5.99. The summed E-state index contributed by atoms with van der Waals surface area (Å²) in [4.78, 5) is 11.8. The molecule has 1 saturated carbocycles. The topological polar surface area (TPSA) is 58.6 Å². The third kappa shape index (κ3) is 5.91. The second kappa shape index (κ2) is 8.54. The molecule has 19 heavy (non-hydrogen) atoms. The fourth-order valence-corrected chi connectivity index (χ4v) is 2.91. The highest BCUT2D eigenvalue weighted by atomic mass is 16.5. The van der Waals surface area contributed by atoms with Gasteiger partial charge in [-0.2, -0.15) is 0 Å². The van der Waals surface area contributed by atoms with E-state index in [1.807, 2.05) is 6.92 Å². The minimum Gasteiger partial charge on any atom is -0.466 e. The number of ether oxygens (including phenoxy) is 1. The van der Waals surface area contributed by atoms with Crippen LogP contribution in [-0.4, -0.2) is 36.4 Å². The van der Waals surface area contributed by atoms with Gasteiger partial charge in [-0.05, 0) is 38.5 Å². The van der Waals surface area contributed by atoms with Crippen molar-refractivity contribution in [3.05, 3.63) is 0 Å². The Labute approximate surface area is 116 Å². The Hall–Kier alpha value is -0.610. The van der Waals surface area contributed by atoms with E-state index in [0.29, 0.717) is 18.6 Å². The molecule has 3 atom stereocenters. The quantitative estimate of drug-likeness (QED) is 0.696. The average molecular weight is 271 g/mol. The first-order valence-electron chi connectivity index (χ1n) is 7.60. The Kier molecular flexibility index (Phi) is 7.39. The Morgan fingerprint density at radius 2 is 2.16 bits per heavy atom. The van der Waals surface area contributed by atoms with E-state index in [0.717, 1.165) is 32.1 Å². The largest absolute Gasteiger partial charge is 0.466 e. The molecule has 112 valence electrons. The van der Waals surface area contributed by atoms with Gasteiger partial charge in [-0.3, -0.25) is 4.79 Å². The van der Waals surface area contributed by atoms with Gasteiger partial charge in [0, 0.05) is 12.1 Å². The first-order valence-corrected chi connectivity index (χ1v) is 7.60. The molecule has 4 nitrogen and oxygen atoms in total. The zero-order valence-electron chi connectivity index (χ0n) is 12.5. The first kappa shape index (κ1) is 16.4. The van der Waals surface area contributed by atoms with E-state index in [1.54, 1.807) is 0 Å². The monoisotopic (exact) mass is 271 g/mol. The van der Waals surface area contributed by atoms with Crippen LogP contribution in [-0.2, 0) is 9.53 Å². The molecule has 0 bridgehead atoms. The third-order valence-electron chi connectivity index (χ3n) is 3.74. The van der Waals surface area contributed by atoms with Gasteiger partial charge < -0.3 is 15.2 Å². The molecule has 0 aromatic rings. The molecule has 1 aliphatic carbocycles. The lowest BCUT2D eigenvalue weighted by atomic mass is 9.85. The van der Waals surface area contributed by atoms with Crippen LogP contribution in [0.15, 0.2) is 0 Å². The molecule has 0 radical (unpaired) electrons. The lowest BCUT2D eigenvalue weighted by Crippen LogP contribution is -2.44. The van der Waals surface area contributed by atoms with Crippen molar-refractivity contribution in [1.29, 1.82) is 0 Å². The minimum absolute atomic E-state index is 0.0320. The van der Waals surface area contributed by atoms with Crippen LogP contribution in [0, 0.1) is 11.8 Å². The number of hydrogen-bond acceptors (Lipinski definition) is 4. The van der Waals surface area contributed by atoms with E-state index in [1.165, 1.54) is 0 Å². The number of carbonyl (C=O) groups is 1. The number of nitrogens with one attached hydrogen (secondary N) is 1. The van der Waals surface area contributed by atoms with Gasteiger partial charge in [0.25, 0.3) is 0 Å². The SMILES string of the molecule is CCOC(=O)C1CCCC(NC(CO)CC(C)C)C1. The van der Waals surface area contributed by atoms with Crippen LogP contribution in [0.4, 0.5) is 0 Å². The standard InChI is InChI=1S/C15H29NO3/c1-4-19-15(18)12-6-5-7-13(9-12)16-14(10-17)8-11(2)3/h11-14,16-17H,4-10H2,1-3H3. The average Bonchev–Trinajstić information content (AvgIpc) is 2.38. The molecule has 2 N–H and O–H groups in total. The van der Waals surface area contributed by atoms with Crippen LogP contribution < -0.4 is 5.32 Å². The van der Waals surface area contributed by atoms with Gasteiger partial charge >= 0.3 is 5.97 Å². The van der Waals surface area contributed by atoms with Crippen molar-refractivity contribution < 1.29 is 14.6 Å². The molecular weight excluding hydrogens is 242 g/mol. The van der Waals surface area contributed by atoms with E-state index in [2.05, 4.69) is 19.2 Å². The van der Waals surface area contributed by atoms with Crippen molar-refractivity contribution >= 4 is 5.97 Å². The Bertz CT molecular complexity index is 268. The van der Waals surface area contributed by atoms with E-state index < -0.39 is 0 Å². The lowest BCUT2D eigenvalue weighted by molar-refractivity contribution is -0.149. The van der Waals surface area contributed by atoms with Crippen LogP contribution >= 0.6 is 0 Å². The number of aliphatic hydroxyl groups is 1. The Morgan fingerprint density at radius 1 is 1.42 bits per heavy atom. The normalized spacial score (nSPS) is 25.3. The molecule has 1 rings (SSSR count). The van der Waals surface area contributed by atoms with Crippen LogP contribution in [0.25, 0.3) is 0 Å². The van der Waals surface area contributed by atoms with E-state index in [4.69, 9.17) is 4.74 Å². The Morgan fingerprint density at radius 3 is 2.74 bits per heavy atom. The Balaban J connectivity index is 2.43. The molecule has 4 heteroatoms. The van der Waals surface area contributed by atoms with Gasteiger partial charge in [0.15, 0.2) is 0 Å². The minimum atomic E-state index is -0.0570. The molecule has 0 saturated heterocycles. The maximum absolute atomic E-state index is 11.8. The van der Waals surface area contributed by atoms with Gasteiger partial charge in [-0.1, -0.05) is 20.3 Å². The van der Waals surface area contributed by atoms with Crippen molar-refractivity contribution in [2.75, 3.05) is 13.2 Å². The van der Waals surface area contributed by atoms with Crippen molar-refractivity contribution in [1.82, 2.24) is 5.32 Å². The fourth-order valence-electron chi connectivity index (χ4n) is 2.91. The highest BCUT2D eigenvalue weighted by Gasteiger charge is 2.29. The third-order valence-corrected chi connectivity index (χ3v) is 3.74. The second-order valence-electron chi connectivity index (χ2n) is 5.99. The van der Waals surface area contributed by atoms with Gasteiger partial charge in [-0.15, -0.1) is 0 Å². The van der Waals surface area contributed by atoms with Crippen molar-refractivity contribution in [3.8, 4) is 0 Å². The van der Waals surface area contributed by atoms with Crippen molar-refractivity contribution in [2.24, 2.45) is 11.8 Å². The van der Waals surface area contributed by atoms with E-state index in [9.17, 15) is 9.90 Å². The maximum atomic E-state index is 11.8. The summed E-state index contributed by atoms with van der Waals surface area (Å²) >= 11 is 0. The molecular formula is C15H29NO3. The van der Waals surface area contributed by atoms with Gasteiger partial charge in [0.05, 0.1) is 19.1 Å². The molecule has 0 amide bonds. The molecule has 0 aliphatic heterocycles. The summed E-state index contributed by atoms with van der Waals surface area (Å²) < 4.78 is 5.11. The van der Waals surface area contributed by atoms with Crippen LogP contribution in [0.5, 0.6) is 0 Å².